The first-order valence-electron chi connectivity index (χ1n) is 8.47. The number of nitrogens with zero attached hydrogens (tertiary/aromatic N) is 2. The highest BCUT2D eigenvalue weighted by Gasteiger charge is 2.42. The van der Waals surface area contributed by atoms with Gasteiger partial charge in [0.1, 0.15) is 0 Å². The largest absolute Gasteiger partial charge is 0.633 e. The SMILES string of the molecule is CN1C(=O)COc2c(C(=O)NC3C[N+]4([O-])CCC3CC4)cc(Cl)cc21. The molecule has 134 valence electrons. The first kappa shape index (κ1) is 16.6. The molecule has 1 aromatic rings. The van der Waals surface area contributed by atoms with Crippen LogP contribution in [-0.4, -0.2) is 55.8 Å². The van der Waals surface area contributed by atoms with Crippen molar-refractivity contribution in [2.45, 2.75) is 18.9 Å². The fourth-order valence-corrected chi connectivity index (χ4v) is 4.29. The molecule has 0 radical (unpaired) electrons. The Morgan fingerprint density at radius 1 is 1.40 bits per heavy atom. The number of likely N-dealkylation sites (N-methyl/N-ethyl adjacent to an activating group) is 1. The molecule has 7 nitrogen and oxygen atoms in total. The van der Waals surface area contributed by atoms with Crippen LogP contribution in [-0.2, 0) is 4.79 Å². The number of quaternary nitrogens is 1. The number of ether oxygens (including phenoxy) is 1. The lowest BCUT2D eigenvalue weighted by Crippen LogP contribution is -2.64. The number of nitrogens with one attached hydrogen (secondary N) is 1. The zero-order chi connectivity index (χ0) is 17.8. The van der Waals surface area contributed by atoms with Gasteiger partial charge in [-0.05, 0) is 18.1 Å². The molecule has 0 aromatic heterocycles. The molecule has 1 unspecified atom stereocenters. The van der Waals surface area contributed by atoms with Crippen LogP contribution in [0.15, 0.2) is 12.1 Å². The molecule has 1 N–H and O–H groups in total. The van der Waals surface area contributed by atoms with Crippen LogP contribution in [0, 0.1) is 11.1 Å². The zero-order valence-corrected chi connectivity index (χ0v) is 14.7. The van der Waals surface area contributed by atoms with E-state index in [4.69, 9.17) is 16.3 Å². The van der Waals surface area contributed by atoms with Crippen LogP contribution in [0.5, 0.6) is 5.75 Å². The number of fused-ring (bicyclic) bond motifs is 4. The maximum absolute atomic E-state index is 12.8. The summed E-state index contributed by atoms with van der Waals surface area (Å²) < 4.78 is 5.29. The molecule has 1 atom stereocenters. The number of halogens is 1. The predicted octanol–water partition coefficient (Wildman–Crippen LogP) is 1.53. The highest BCUT2D eigenvalue weighted by Crippen LogP contribution is 2.38. The summed E-state index contributed by atoms with van der Waals surface area (Å²) >= 11 is 6.14. The van der Waals surface area contributed by atoms with Crippen molar-refractivity contribution in [1.82, 2.24) is 5.32 Å². The second-order valence-electron chi connectivity index (χ2n) is 7.15. The van der Waals surface area contributed by atoms with E-state index in [1.807, 2.05) is 0 Å². The molecule has 2 amide bonds. The summed E-state index contributed by atoms with van der Waals surface area (Å²) in [5, 5.41) is 15.9. The molecule has 2 bridgehead atoms. The predicted molar refractivity (Wildman–Crippen MR) is 92.6 cm³/mol. The fourth-order valence-electron chi connectivity index (χ4n) is 4.07. The number of anilines is 1. The molecular weight excluding hydrogens is 346 g/mol. The molecule has 0 aliphatic carbocycles. The van der Waals surface area contributed by atoms with Crippen LogP contribution in [0.2, 0.25) is 5.02 Å². The third-order valence-electron chi connectivity index (χ3n) is 5.58. The highest BCUT2D eigenvalue weighted by molar-refractivity contribution is 6.31. The molecule has 0 spiro atoms. The molecule has 3 saturated heterocycles. The van der Waals surface area contributed by atoms with Gasteiger partial charge < -0.3 is 24.8 Å². The Hall–Kier alpha value is -1.83. The second kappa shape index (κ2) is 5.86. The Labute approximate surface area is 150 Å². The van der Waals surface area contributed by atoms with E-state index in [-0.39, 0.29) is 29.1 Å². The number of amides is 2. The maximum Gasteiger partial charge on any atom is 0.264 e. The number of benzene rings is 1. The second-order valence-corrected chi connectivity index (χ2v) is 7.58. The molecule has 3 fully saturated rings. The third-order valence-corrected chi connectivity index (χ3v) is 5.80. The van der Waals surface area contributed by atoms with Crippen molar-refractivity contribution < 1.29 is 19.0 Å². The quantitative estimate of drug-likeness (QED) is 0.636. The van der Waals surface area contributed by atoms with Gasteiger partial charge >= 0.3 is 0 Å². The van der Waals surface area contributed by atoms with Crippen molar-refractivity contribution in [3.8, 4) is 5.75 Å². The van der Waals surface area contributed by atoms with Crippen molar-refractivity contribution in [2.75, 3.05) is 38.2 Å². The van der Waals surface area contributed by atoms with Crippen molar-refractivity contribution in [3.63, 3.8) is 0 Å². The van der Waals surface area contributed by atoms with E-state index in [9.17, 15) is 14.8 Å². The average molecular weight is 366 g/mol. The van der Waals surface area contributed by atoms with Crippen LogP contribution in [0.1, 0.15) is 23.2 Å². The molecule has 25 heavy (non-hydrogen) atoms. The Kier molecular flexibility index (Phi) is 3.90. The Morgan fingerprint density at radius 3 is 2.80 bits per heavy atom. The molecule has 4 aliphatic heterocycles. The van der Waals surface area contributed by atoms with Crippen molar-refractivity contribution in [1.29, 1.82) is 0 Å². The van der Waals surface area contributed by atoms with Gasteiger partial charge in [0.15, 0.2) is 12.4 Å². The van der Waals surface area contributed by atoms with Gasteiger partial charge in [-0.1, -0.05) is 11.6 Å². The Balaban J connectivity index is 1.61. The van der Waals surface area contributed by atoms with Gasteiger partial charge in [0.05, 0.1) is 36.9 Å². The van der Waals surface area contributed by atoms with Crippen LogP contribution in [0.4, 0.5) is 5.69 Å². The number of carbonyl (C=O) groups excluding carboxylic acids is 2. The molecule has 0 saturated carbocycles. The number of hydroxylamine groups is 3. The topological polar surface area (TPSA) is 81.7 Å². The van der Waals surface area contributed by atoms with E-state index in [1.165, 1.54) is 4.90 Å². The van der Waals surface area contributed by atoms with Crippen LogP contribution in [0.25, 0.3) is 0 Å². The minimum atomic E-state index is -0.313. The summed E-state index contributed by atoms with van der Waals surface area (Å²) in [7, 11) is 1.63. The van der Waals surface area contributed by atoms with E-state index in [1.54, 1.807) is 19.2 Å². The van der Waals surface area contributed by atoms with Crippen molar-refractivity contribution >= 4 is 29.1 Å². The minimum absolute atomic E-state index is 0.113. The molecule has 8 heteroatoms. The summed E-state index contributed by atoms with van der Waals surface area (Å²) in [5.41, 5.74) is 0.783. The van der Waals surface area contributed by atoms with Crippen LogP contribution < -0.4 is 15.0 Å². The monoisotopic (exact) mass is 365 g/mol. The summed E-state index contributed by atoms with van der Waals surface area (Å²) in [6, 6.07) is 3.02. The highest BCUT2D eigenvalue weighted by atomic mass is 35.5. The zero-order valence-electron chi connectivity index (χ0n) is 14.0. The lowest BCUT2D eigenvalue weighted by atomic mass is 9.83. The summed E-state index contributed by atoms with van der Waals surface area (Å²) in [6.45, 7) is 1.58. The normalized spacial score (nSPS) is 30.7. The molecule has 1 aromatic carbocycles. The van der Waals surface area contributed by atoms with E-state index in [0.717, 1.165) is 12.8 Å². The molecule has 4 aliphatic rings. The van der Waals surface area contributed by atoms with Crippen LogP contribution >= 0.6 is 11.6 Å². The lowest BCUT2D eigenvalue weighted by molar-refractivity contribution is -0.898. The molecule has 5 rings (SSSR count). The van der Waals surface area contributed by atoms with Crippen molar-refractivity contribution in [2.24, 2.45) is 5.92 Å². The van der Waals surface area contributed by atoms with Gasteiger partial charge in [-0.3, -0.25) is 9.59 Å². The Morgan fingerprint density at radius 2 is 2.12 bits per heavy atom. The third kappa shape index (κ3) is 2.86. The minimum Gasteiger partial charge on any atom is -0.633 e. The standard InChI is InChI=1S/C17H20ClN3O4/c1-20-14-7-11(18)6-12(16(14)25-9-15(20)22)17(23)19-13-8-21(24)4-2-10(13)3-5-21/h6-7,10,13H,2-5,8-9H2,1H3,(H,19,23). The fraction of sp³-hybridized carbons (Fsp3) is 0.529. The Bertz CT molecular complexity index is 746. The van der Waals surface area contributed by atoms with Gasteiger partial charge in [0, 0.05) is 24.9 Å². The summed E-state index contributed by atoms with van der Waals surface area (Å²) in [6.07, 6.45) is 1.69. The number of piperidine rings is 3. The van der Waals surface area contributed by atoms with E-state index in [2.05, 4.69) is 5.32 Å². The smallest absolute Gasteiger partial charge is 0.264 e. The van der Waals surface area contributed by atoms with E-state index >= 15 is 0 Å². The van der Waals surface area contributed by atoms with Gasteiger partial charge in [0.2, 0.25) is 0 Å². The van der Waals surface area contributed by atoms with E-state index < -0.39 is 0 Å². The van der Waals surface area contributed by atoms with Gasteiger partial charge in [-0.2, -0.15) is 0 Å². The van der Waals surface area contributed by atoms with Crippen LogP contribution in [0.3, 0.4) is 0 Å². The van der Waals surface area contributed by atoms with Crippen molar-refractivity contribution in [3.05, 3.63) is 27.9 Å². The maximum atomic E-state index is 12.8. The molecule has 4 heterocycles. The molecular formula is C17H20ClN3O4. The first-order valence-corrected chi connectivity index (χ1v) is 8.85. The number of rotatable bonds is 2. The summed E-state index contributed by atoms with van der Waals surface area (Å²) in [5.74, 6) is 0.192. The van der Waals surface area contributed by atoms with Gasteiger partial charge in [0.25, 0.3) is 11.8 Å². The first-order chi connectivity index (χ1) is 11.9. The number of hydrogen-bond acceptors (Lipinski definition) is 4. The van der Waals surface area contributed by atoms with Gasteiger partial charge in [-0.25, -0.2) is 0 Å². The number of carbonyl (C=O) groups is 2. The number of hydrogen-bond donors (Lipinski definition) is 1. The van der Waals surface area contributed by atoms with E-state index in [0.29, 0.717) is 47.6 Å². The average Bonchev–Trinajstić information content (AvgIpc) is 2.58. The van der Waals surface area contributed by atoms with Gasteiger partial charge in [-0.15, -0.1) is 0 Å². The summed E-state index contributed by atoms with van der Waals surface area (Å²) in [4.78, 5) is 26.1. The lowest BCUT2D eigenvalue weighted by Gasteiger charge is -2.55.